The van der Waals surface area contributed by atoms with E-state index in [9.17, 15) is 4.79 Å². The van der Waals surface area contributed by atoms with Crippen molar-refractivity contribution in [2.45, 2.75) is 31.7 Å². The Morgan fingerprint density at radius 2 is 1.84 bits per heavy atom. The Morgan fingerprint density at radius 3 is 2.47 bits per heavy atom. The highest BCUT2D eigenvalue weighted by Gasteiger charge is 2.28. The number of hydrogen-bond donors (Lipinski definition) is 1. The molecule has 2 aromatic carbocycles. The summed E-state index contributed by atoms with van der Waals surface area (Å²) in [5, 5.41) is 7.10. The smallest absolute Gasteiger partial charge is 0.254 e. The van der Waals surface area contributed by atoms with Gasteiger partial charge in [-0.15, -0.1) is 0 Å². The van der Waals surface area contributed by atoms with Crippen LogP contribution in [0.2, 0.25) is 0 Å². The molecule has 1 aliphatic heterocycles. The van der Waals surface area contributed by atoms with Crippen molar-refractivity contribution in [2.75, 3.05) is 24.6 Å². The second-order valence-corrected chi connectivity index (χ2v) is 9.11. The molecule has 166 valence electrons. The van der Waals surface area contributed by atoms with E-state index < -0.39 is 0 Å². The molecule has 0 spiro atoms. The van der Waals surface area contributed by atoms with E-state index in [1.165, 1.54) is 24.1 Å². The van der Waals surface area contributed by atoms with Gasteiger partial charge in [0.2, 0.25) is 0 Å². The normalized spacial score (nSPS) is 17.0. The Bertz CT molecular complexity index is 1060. The molecule has 2 fully saturated rings. The second kappa shape index (κ2) is 8.69. The summed E-state index contributed by atoms with van der Waals surface area (Å²) in [5.41, 5.74) is 4.28. The maximum absolute atomic E-state index is 12.4. The number of rotatable bonds is 8. The molecule has 2 aliphatic rings. The molecular weight excluding hydrogens is 400 g/mol. The lowest BCUT2D eigenvalue weighted by Gasteiger charge is -2.41. The number of hydrogen-bond acceptors (Lipinski definition) is 4. The van der Waals surface area contributed by atoms with Crippen LogP contribution in [0.5, 0.6) is 5.75 Å². The zero-order valence-corrected chi connectivity index (χ0v) is 18.7. The number of carbonyl (C=O) groups excluding carboxylic acids is 1. The number of nitrogens with zero attached hydrogens (tertiary/aromatic N) is 3. The van der Waals surface area contributed by atoms with Gasteiger partial charge in [0.25, 0.3) is 5.91 Å². The molecule has 5 rings (SSSR count). The van der Waals surface area contributed by atoms with Crippen LogP contribution in [0.15, 0.2) is 60.9 Å². The van der Waals surface area contributed by atoms with Crippen LogP contribution in [0.4, 0.5) is 5.69 Å². The number of carbonyl (C=O) groups is 1. The minimum Gasteiger partial charge on any atom is -0.493 e. The first-order valence-electron chi connectivity index (χ1n) is 11.4. The highest BCUT2D eigenvalue weighted by atomic mass is 16.5. The molecule has 1 aliphatic carbocycles. The summed E-state index contributed by atoms with van der Waals surface area (Å²) in [6.07, 6.45) is 5.94. The van der Waals surface area contributed by atoms with Crippen LogP contribution >= 0.6 is 0 Å². The van der Waals surface area contributed by atoms with E-state index in [1.807, 2.05) is 6.92 Å². The number of aromatic nitrogens is 2. The van der Waals surface area contributed by atoms with Gasteiger partial charge >= 0.3 is 0 Å². The molecule has 6 heteroatoms. The minimum atomic E-state index is -0.103. The maximum Gasteiger partial charge on any atom is 0.254 e. The Morgan fingerprint density at radius 1 is 1.12 bits per heavy atom. The quantitative estimate of drug-likeness (QED) is 0.579. The molecule has 2 heterocycles. The highest BCUT2D eigenvalue weighted by Crippen LogP contribution is 2.34. The number of anilines is 1. The van der Waals surface area contributed by atoms with E-state index in [0.717, 1.165) is 36.9 Å². The molecule has 1 saturated heterocycles. The SMILES string of the molecule is CC(NC(=O)c1cnn(C)c1)c1ccc(C2CN(c3ccc(OCC4CC4)cc3)C2)cc1. The molecule has 1 unspecified atom stereocenters. The molecule has 0 radical (unpaired) electrons. The lowest BCUT2D eigenvalue weighted by molar-refractivity contribution is 0.0940. The Hall–Kier alpha value is -3.28. The lowest BCUT2D eigenvalue weighted by atomic mass is 9.90. The monoisotopic (exact) mass is 430 g/mol. The van der Waals surface area contributed by atoms with Crippen LogP contribution in [0.25, 0.3) is 0 Å². The van der Waals surface area contributed by atoms with Crippen LogP contribution in [0.1, 0.15) is 53.2 Å². The Labute approximate surface area is 189 Å². The Balaban J connectivity index is 1.12. The van der Waals surface area contributed by atoms with Crippen LogP contribution in [-0.4, -0.2) is 35.4 Å². The van der Waals surface area contributed by atoms with E-state index in [0.29, 0.717) is 11.5 Å². The summed E-state index contributed by atoms with van der Waals surface area (Å²) >= 11 is 0. The second-order valence-electron chi connectivity index (χ2n) is 9.11. The van der Waals surface area contributed by atoms with Gasteiger partial charge in [-0.25, -0.2) is 0 Å². The lowest BCUT2D eigenvalue weighted by Crippen LogP contribution is -2.45. The fraction of sp³-hybridized carbons (Fsp3) is 0.385. The zero-order chi connectivity index (χ0) is 22.1. The summed E-state index contributed by atoms with van der Waals surface area (Å²) in [6, 6.07) is 17.1. The van der Waals surface area contributed by atoms with Crippen LogP contribution < -0.4 is 15.0 Å². The number of benzene rings is 2. The van der Waals surface area contributed by atoms with Gasteiger partial charge in [0.15, 0.2) is 0 Å². The van der Waals surface area contributed by atoms with Crippen LogP contribution in [-0.2, 0) is 7.05 Å². The van der Waals surface area contributed by atoms with Gasteiger partial charge < -0.3 is 15.0 Å². The first-order valence-corrected chi connectivity index (χ1v) is 11.4. The summed E-state index contributed by atoms with van der Waals surface area (Å²) in [6.45, 7) is 4.91. The van der Waals surface area contributed by atoms with E-state index >= 15 is 0 Å². The average molecular weight is 431 g/mol. The van der Waals surface area contributed by atoms with E-state index in [2.05, 4.69) is 63.8 Å². The van der Waals surface area contributed by atoms with Crippen molar-refractivity contribution in [3.05, 3.63) is 77.6 Å². The first kappa shape index (κ1) is 20.6. The molecule has 6 nitrogen and oxygen atoms in total. The molecule has 1 atom stereocenters. The minimum absolute atomic E-state index is 0.0599. The van der Waals surface area contributed by atoms with Crippen molar-refractivity contribution < 1.29 is 9.53 Å². The van der Waals surface area contributed by atoms with Crippen molar-refractivity contribution in [1.82, 2.24) is 15.1 Å². The first-order chi connectivity index (χ1) is 15.5. The van der Waals surface area contributed by atoms with Gasteiger partial charge in [-0.3, -0.25) is 9.48 Å². The molecule has 0 bridgehead atoms. The van der Waals surface area contributed by atoms with E-state index in [4.69, 9.17) is 4.74 Å². The van der Waals surface area contributed by atoms with Crippen LogP contribution in [0, 0.1) is 5.92 Å². The standard InChI is InChI=1S/C26H30N4O2/c1-18(28-26(31)22-13-27-29(2)14-22)20-5-7-21(8-6-20)23-15-30(16-23)24-9-11-25(12-10-24)32-17-19-3-4-19/h5-14,18-19,23H,3-4,15-17H2,1-2H3,(H,28,31). The van der Waals surface area contributed by atoms with E-state index in [-0.39, 0.29) is 11.9 Å². The van der Waals surface area contributed by atoms with Crippen LogP contribution in [0.3, 0.4) is 0 Å². The molecule has 1 aromatic heterocycles. The third kappa shape index (κ3) is 4.64. The summed E-state index contributed by atoms with van der Waals surface area (Å²) < 4.78 is 7.47. The molecule has 3 aromatic rings. The molecular formula is C26H30N4O2. The zero-order valence-electron chi connectivity index (χ0n) is 18.7. The van der Waals surface area contributed by atoms with Gasteiger partial charge in [0, 0.05) is 37.9 Å². The van der Waals surface area contributed by atoms with Crippen molar-refractivity contribution in [3.63, 3.8) is 0 Å². The third-order valence-corrected chi connectivity index (χ3v) is 6.49. The van der Waals surface area contributed by atoms with Gasteiger partial charge in [0.05, 0.1) is 24.4 Å². The summed E-state index contributed by atoms with van der Waals surface area (Å²) in [4.78, 5) is 14.8. The summed E-state index contributed by atoms with van der Waals surface area (Å²) in [5.74, 6) is 2.18. The molecule has 1 amide bonds. The maximum atomic E-state index is 12.4. The number of aryl methyl sites for hydroxylation is 1. The van der Waals surface area contributed by atoms with Gasteiger partial charge in [-0.05, 0) is 61.1 Å². The van der Waals surface area contributed by atoms with Gasteiger partial charge in [-0.2, -0.15) is 5.10 Å². The molecule has 1 N–H and O–H groups in total. The molecule has 1 saturated carbocycles. The number of amides is 1. The molecule has 32 heavy (non-hydrogen) atoms. The van der Waals surface area contributed by atoms with Gasteiger partial charge in [-0.1, -0.05) is 24.3 Å². The topological polar surface area (TPSA) is 59.4 Å². The largest absolute Gasteiger partial charge is 0.493 e. The van der Waals surface area contributed by atoms with Crippen molar-refractivity contribution >= 4 is 11.6 Å². The van der Waals surface area contributed by atoms with E-state index in [1.54, 1.807) is 24.1 Å². The predicted octanol–water partition coefficient (Wildman–Crippen LogP) is 4.30. The fourth-order valence-corrected chi connectivity index (χ4v) is 4.11. The van der Waals surface area contributed by atoms with Crippen molar-refractivity contribution in [2.24, 2.45) is 13.0 Å². The van der Waals surface area contributed by atoms with Crippen molar-refractivity contribution in [1.29, 1.82) is 0 Å². The number of ether oxygens (including phenoxy) is 1. The predicted molar refractivity (Wildman–Crippen MR) is 125 cm³/mol. The third-order valence-electron chi connectivity index (χ3n) is 6.49. The van der Waals surface area contributed by atoms with Crippen molar-refractivity contribution in [3.8, 4) is 5.75 Å². The Kier molecular flexibility index (Phi) is 5.60. The highest BCUT2D eigenvalue weighted by molar-refractivity contribution is 5.93. The number of nitrogens with one attached hydrogen (secondary N) is 1. The average Bonchev–Trinajstić information content (AvgIpc) is 3.50. The fourth-order valence-electron chi connectivity index (χ4n) is 4.11. The van der Waals surface area contributed by atoms with Gasteiger partial charge in [0.1, 0.15) is 5.75 Å². The summed E-state index contributed by atoms with van der Waals surface area (Å²) in [7, 11) is 1.81.